The van der Waals surface area contributed by atoms with Crippen molar-refractivity contribution in [1.82, 2.24) is 25.0 Å². The van der Waals surface area contributed by atoms with Crippen LogP contribution in [-0.4, -0.2) is 65.5 Å². The largest absolute Gasteiger partial charge is 0.491 e. The number of carbonyl (C=O) groups is 1. The summed E-state index contributed by atoms with van der Waals surface area (Å²) >= 11 is 0. The molecule has 0 aliphatic carbocycles. The van der Waals surface area contributed by atoms with Gasteiger partial charge in [0.15, 0.2) is 0 Å². The average molecular weight is 422 g/mol. The Balaban J connectivity index is 0.00000240. The van der Waals surface area contributed by atoms with Gasteiger partial charge in [0.1, 0.15) is 24.0 Å². The number of halogens is 1. The van der Waals surface area contributed by atoms with E-state index in [1.807, 2.05) is 29.2 Å². The quantitative estimate of drug-likeness (QED) is 0.717. The smallest absolute Gasteiger partial charge is 0.253 e. The zero-order chi connectivity index (χ0) is 19.3. The summed E-state index contributed by atoms with van der Waals surface area (Å²) in [5, 5.41) is 12.1. The van der Waals surface area contributed by atoms with Crippen LogP contribution in [0.25, 0.3) is 0 Å². The number of rotatable bonds is 6. The molecular weight excluding hydrogens is 394 g/mol. The van der Waals surface area contributed by atoms with Crippen molar-refractivity contribution in [2.75, 3.05) is 40.0 Å². The lowest BCUT2D eigenvalue weighted by Crippen LogP contribution is -2.39. The predicted molar refractivity (Wildman–Crippen MR) is 111 cm³/mol. The Hall–Kier alpha value is -2.16. The van der Waals surface area contributed by atoms with Crippen molar-refractivity contribution < 1.29 is 14.3 Å². The summed E-state index contributed by atoms with van der Waals surface area (Å²) in [7, 11) is 1.64. The standard InChI is InChI=1S/C20H27N5O3.ClH/c1-27-11-12-28-17-4-2-3-16(13-17)20(26)24-8-5-15(6-9-24)19-23-22-18-14-21-7-10-25(18)19;/h2-4,13,15,21H,5-12,14H2,1H3;1H. The molecule has 0 radical (unpaired) electrons. The van der Waals surface area contributed by atoms with Crippen molar-refractivity contribution >= 4 is 18.3 Å². The fourth-order valence-electron chi connectivity index (χ4n) is 3.90. The molecule has 0 bridgehead atoms. The summed E-state index contributed by atoms with van der Waals surface area (Å²) in [4.78, 5) is 14.8. The van der Waals surface area contributed by atoms with Crippen molar-refractivity contribution in [3.05, 3.63) is 41.5 Å². The molecule has 2 aliphatic rings. The van der Waals surface area contributed by atoms with Gasteiger partial charge < -0.3 is 24.3 Å². The highest BCUT2D eigenvalue weighted by Gasteiger charge is 2.29. The Labute approximate surface area is 177 Å². The molecule has 158 valence electrons. The topological polar surface area (TPSA) is 81.5 Å². The number of piperidine rings is 1. The Morgan fingerprint density at radius 3 is 2.83 bits per heavy atom. The molecule has 1 saturated heterocycles. The van der Waals surface area contributed by atoms with E-state index in [2.05, 4.69) is 20.1 Å². The van der Waals surface area contributed by atoms with Crippen molar-refractivity contribution in [3.8, 4) is 5.75 Å². The number of carbonyl (C=O) groups excluding carboxylic acids is 1. The van der Waals surface area contributed by atoms with Gasteiger partial charge in [-0.25, -0.2) is 0 Å². The highest BCUT2D eigenvalue weighted by Crippen LogP contribution is 2.28. The van der Waals surface area contributed by atoms with Crippen molar-refractivity contribution in [3.63, 3.8) is 0 Å². The van der Waals surface area contributed by atoms with Crippen LogP contribution in [0.1, 0.15) is 40.8 Å². The van der Waals surface area contributed by atoms with Crippen LogP contribution >= 0.6 is 12.4 Å². The lowest BCUT2D eigenvalue weighted by Gasteiger charge is -2.32. The predicted octanol–water partition coefficient (Wildman–Crippen LogP) is 1.85. The molecular formula is C20H28ClN5O3. The van der Waals surface area contributed by atoms with Crippen molar-refractivity contribution in [2.24, 2.45) is 0 Å². The minimum Gasteiger partial charge on any atom is -0.491 e. The summed E-state index contributed by atoms with van der Waals surface area (Å²) in [6, 6.07) is 7.38. The first-order chi connectivity index (χ1) is 13.8. The summed E-state index contributed by atoms with van der Waals surface area (Å²) in [5.41, 5.74) is 0.666. The third-order valence-corrected chi connectivity index (χ3v) is 5.44. The van der Waals surface area contributed by atoms with Gasteiger partial charge in [-0.2, -0.15) is 0 Å². The Kier molecular flexibility index (Phi) is 7.46. The normalized spacial score (nSPS) is 16.8. The van der Waals surface area contributed by atoms with Gasteiger partial charge in [0.05, 0.1) is 13.2 Å². The second kappa shape index (κ2) is 10.0. The molecule has 1 fully saturated rings. The molecule has 29 heavy (non-hydrogen) atoms. The molecule has 3 heterocycles. The number of likely N-dealkylation sites (tertiary alicyclic amines) is 1. The number of hydrogen-bond acceptors (Lipinski definition) is 6. The van der Waals surface area contributed by atoms with Crippen LogP contribution in [0.2, 0.25) is 0 Å². The van der Waals surface area contributed by atoms with Gasteiger partial charge >= 0.3 is 0 Å². The Morgan fingerprint density at radius 1 is 1.21 bits per heavy atom. The van der Waals surface area contributed by atoms with Gasteiger partial charge in [-0.1, -0.05) is 6.07 Å². The third-order valence-electron chi connectivity index (χ3n) is 5.44. The van der Waals surface area contributed by atoms with Crippen LogP contribution in [0.3, 0.4) is 0 Å². The summed E-state index contributed by atoms with van der Waals surface area (Å²) in [6.07, 6.45) is 1.84. The van der Waals surface area contributed by atoms with Gasteiger partial charge in [0.2, 0.25) is 0 Å². The lowest BCUT2D eigenvalue weighted by molar-refractivity contribution is 0.0709. The van der Waals surface area contributed by atoms with Crippen LogP contribution < -0.4 is 10.1 Å². The van der Waals surface area contributed by atoms with E-state index in [1.54, 1.807) is 7.11 Å². The molecule has 1 aromatic carbocycles. The maximum Gasteiger partial charge on any atom is 0.253 e. The molecule has 0 unspecified atom stereocenters. The molecule has 1 N–H and O–H groups in total. The van der Waals surface area contributed by atoms with Crippen LogP contribution in [0.5, 0.6) is 5.75 Å². The highest BCUT2D eigenvalue weighted by atomic mass is 35.5. The highest BCUT2D eigenvalue weighted by molar-refractivity contribution is 5.94. The first-order valence-electron chi connectivity index (χ1n) is 9.90. The number of nitrogens with one attached hydrogen (secondary N) is 1. The molecule has 9 heteroatoms. The summed E-state index contributed by atoms with van der Waals surface area (Å²) in [6.45, 7) is 5.13. The van der Waals surface area contributed by atoms with E-state index in [0.29, 0.717) is 30.4 Å². The lowest BCUT2D eigenvalue weighted by atomic mass is 9.95. The second-order valence-electron chi connectivity index (χ2n) is 7.24. The van der Waals surface area contributed by atoms with Gasteiger partial charge in [-0.3, -0.25) is 4.79 Å². The zero-order valence-electron chi connectivity index (χ0n) is 16.7. The second-order valence-corrected chi connectivity index (χ2v) is 7.24. The Bertz CT molecular complexity index is 820. The zero-order valence-corrected chi connectivity index (χ0v) is 17.5. The van der Waals surface area contributed by atoms with Gasteiger partial charge in [-0.05, 0) is 31.0 Å². The van der Waals surface area contributed by atoms with Gasteiger partial charge in [0.25, 0.3) is 5.91 Å². The third kappa shape index (κ3) is 4.88. The molecule has 0 spiro atoms. The number of hydrogen-bond donors (Lipinski definition) is 1. The summed E-state index contributed by atoms with van der Waals surface area (Å²) < 4.78 is 12.9. The Morgan fingerprint density at radius 2 is 2.03 bits per heavy atom. The van der Waals surface area contributed by atoms with Crippen molar-refractivity contribution in [1.29, 1.82) is 0 Å². The SMILES string of the molecule is COCCOc1cccc(C(=O)N2CCC(c3nnc4n3CCNC4)CC2)c1.Cl. The van der Waals surface area contributed by atoms with Crippen LogP contribution in [0.15, 0.2) is 24.3 Å². The van der Waals surface area contributed by atoms with Crippen LogP contribution in [0, 0.1) is 0 Å². The molecule has 0 saturated carbocycles. The average Bonchev–Trinajstić information content (AvgIpc) is 3.18. The number of methoxy groups -OCH3 is 1. The number of fused-ring (bicyclic) bond motifs is 1. The van der Waals surface area contributed by atoms with E-state index < -0.39 is 0 Å². The minimum absolute atomic E-state index is 0. The first-order valence-corrected chi connectivity index (χ1v) is 9.90. The molecule has 2 aliphatic heterocycles. The van der Waals surface area contributed by atoms with Gasteiger partial charge in [0, 0.05) is 44.8 Å². The fraction of sp³-hybridized carbons (Fsp3) is 0.550. The monoisotopic (exact) mass is 421 g/mol. The van der Waals surface area contributed by atoms with E-state index in [9.17, 15) is 4.79 Å². The molecule has 1 aromatic heterocycles. The molecule has 2 aromatic rings. The number of aromatic nitrogens is 3. The molecule has 0 atom stereocenters. The van der Waals surface area contributed by atoms with Crippen LogP contribution in [-0.2, 0) is 17.8 Å². The van der Waals surface area contributed by atoms with E-state index in [0.717, 1.165) is 57.2 Å². The van der Waals surface area contributed by atoms with E-state index in [4.69, 9.17) is 9.47 Å². The number of amides is 1. The fourth-order valence-corrected chi connectivity index (χ4v) is 3.90. The number of benzene rings is 1. The maximum absolute atomic E-state index is 12.9. The van der Waals surface area contributed by atoms with Gasteiger partial charge in [-0.15, -0.1) is 22.6 Å². The van der Waals surface area contributed by atoms with Crippen molar-refractivity contribution in [2.45, 2.75) is 31.8 Å². The first kappa shape index (κ1) is 21.5. The minimum atomic E-state index is 0. The summed E-state index contributed by atoms with van der Waals surface area (Å²) in [5.74, 6) is 3.22. The van der Waals surface area contributed by atoms with E-state index in [1.165, 1.54) is 0 Å². The molecule has 4 rings (SSSR count). The van der Waals surface area contributed by atoms with E-state index in [-0.39, 0.29) is 18.3 Å². The van der Waals surface area contributed by atoms with E-state index >= 15 is 0 Å². The molecule has 1 amide bonds. The molecule has 8 nitrogen and oxygen atoms in total. The number of ether oxygens (including phenoxy) is 2. The number of nitrogens with zero attached hydrogens (tertiary/aromatic N) is 4. The maximum atomic E-state index is 12.9. The van der Waals surface area contributed by atoms with Crippen LogP contribution in [0.4, 0.5) is 0 Å².